The van der Waals surface area contributed by atoms with Gasteiger partial charge in [0.25, 0.3) is 0 Å². The predicted molar refractivity (Wildman–Crippen MR) is 95.2 cm³/mol. The fourth-order valence-electron chi connectivity index (χ4n) is 2.77. The Hall–Kier alpha value is -2.18. The topological polar surface area (TPSA) is 43.0 Å². The molecule has 1 fully saturated rings. The summed E-state index contributed by atoms with van der Waals surface area (Å²) >= 11 is 1.67. The van der Waals surface area contributed by atoms with Gasteiger partial charge in [0.1, 0.15) is 12.4 Å². The van der Waals surface area contributed by atoms with E-state index in [9.17, 15) is 0 Å². The summed E-state index contributed by atoms with van der Waals surface area (Å²) in [6.45, 7) is 4.79. The van der Waals surface area contributed by atoms with E-state index in [1.165, 1.54) is 5.56 Å². The average molecular weight is 340 g/mol. The molecule has 0 aliphatic carbocycles. The highest BCUT2D eigenvalue weighted by Gasteiger charge is 2.34. The quantitative estimate of drug-likeness (QED) is 0.647. The van der Waals surface area contributed by atoms with Gasteiger partial charge in [0.2, 0.25) is 0 Å². The molecule has 0 amide bonds. The van der Waals surface area contributed by atoms with Crippen molar-refractivity contribution in [2.24, 2.45) is 7.05 Å². The van der Waals surface area contributed by atoms with E-state index in [1.807, 2.05) is 37.0 Å². The molecule has 1 aromatic carbocycles. The zero-order valence-corrected chi connectivity index (χ0v) is 14.7. The van der Waals surface area contributed by atoms with Crippen LogP contribution in [0.3, 0.4) is 0 Å². The van der Waals surface area contributed by atoms with Crippen molar-refractivity contribution < 1.29 is 4.74 Å². The van der Waals surface area contributed by atoms with E-state index < -0.39 is 0 Å². The molecule has 1 aliphatic rings. The van der Waals surface area contributed by atoms with Crippen LogP contribution in [0.15, 0.2) is 42.0 Å². The maximum Gasteiger partial charge on any atom is 0.119 e. The first-order valence-corrected chi connectivity index (χ1v) is 8.92. The first-order valence-electron chi connectivity index (χ1n) is 8.04. The van der Waals surface area contributed by atoms with Crippen molar-refractivity contribution in [2.75, 3.05) is 13.2 Å². The van der Waals surface area contributed by atoms with Crippen LogP contribution in [0.4, 0.5) is 0 Å². The van der Waals surface area contributed by atoms with Gasteiger partial charge in [-0.3, -0.25) is 9.58 Å². The van der Waals surface area contributed by atoms with Crippen LogP contribution in [-0.2, 0) is 13.6 Å². The number of nitrogens with zero attached hydrogens (tertiary/aromatic N) is 4. The Morgan fingerprint density at radius 1 is 1.29 bits per heavy atom. The lowest BCUT2D eigenvalue weighted by Gasteiger charge is -2.07. The molecular formula is C18H20N4OS. The molecule has 5 nitrogen and oxygen atoms in total. The second kappa shape index (κ2) is 6.37. The van der Waals surface area contributed by atoms with Crippen LogP contribution in [0.5, 0.6) is 5.75 Å². The fourth-order valence-corrected chi connectivity index (χ4v) is 3.40. The summed E-state index contributed by atoms with van der Waals surface area (Å²) in [5.41, 5.74) is 3.42. The standard InChI is InChI=1S/C18H20N4OS/c1-13-20-18(12-24-13)15-3-5-17(6-4-15)23-11-16-10-22(16)9-14-7-19-21(2)8-14/h3-8,12,16H,9-11H2,1-2H3. The Balaban J connectivity index is 1.28. The van der Waals surface area contributed by atoms with Crippen LogP contribution in [0.2, 0.25) is 0 Å². The number of aromatic nitrogens is 3. The number of benzene rings is 1. The van der Waals surface area contributed by atoms with Crippen molar-refractivity contribution in [3.05, 3.63) is 52.6 Å². The lowest BCUT2D eigenvalue weighted by atomic mass is 10.2. The van der Waals surface area contributed by atoms with Crippen LogP contribution in [0, 0.1) is 6.92 Å². The molecule has 3 heterocycles. The first kappa shape index (κ1) is 15.4. The number of rotatable bonds is 6. The lowest BCUT2D eigenvalue weighted by molar-refractivity contribution is 0.293. The molecule has 4 rings (SSSR count). The van der Waals surface area contributed by atoms with Crippen molar-refractivity contribution in [3.8, 4) is 17.0 Å². The summed E-state index contributed by atoms with van der Waals surface area (Å²) in [6, 6.07) is 8.70. The number of thiazole rings is 1. The molecule has 3 aromatic rings. The zero-order chi connectivity index (χ0) is 16.5. The largest absolute Gasteiger partial charge is 0.492 e. The second-order valence-electron chi connectivity index (χ2n) is 6.19. The van der Waals surface area contributed by atoms with E-state index in [0.717, 1.165) is 41.7 Å². The first-order chi connectivity index (χ1) is 11.7. The molecule has 0 spiro atoms. The molecule has 0 radical (unpaired) electrons. The summed E-state index contributed by atoms with van der Waals surface area (Å²) in [6.07, 6.45) is 3.99. The SMILES string of the molecule is Cc1nc(-c2ccc(OCC3CN3Cc3cnn(C)c3)cc2)cs1. The van der Waals surface area contributed by atoms with E-state index in [-0.39, 0.29) is 0 Å². The normalized spacial score (nSPS) is 19.4. The summed E-state index contributed by atoms with van der Waals surface area (Å²) < 4.78 is 7.76. The molecule has 24 heavy (non-hydrogen) atoms. The van der Waals surface area contributed by atoms with Crippen molar-refractivity contribution in [1.82, 2.24) is 19.7 Å². The molecule has 6 heteroatoms. The molecule has 2 atom stereocenters. The van der Waals surface area contributed by atoms with Crippen LogP contribution >= 0.6 is 11.3 Å². The Kier molecular flexibility index (Phi) is 4.08. The smallest absolute Gasteiger partial charge is 0.119 e. The predicted octanol–water partition coefficient (Wildman–Crippen LogP) is 3.12. The molecule has 0 saturated carbocycles. The van der Waals surface area contributed by atoms with Crippen LogP contribution < -0.4 is 4.74 Å². The summed E-state index contributed by atoms with van der Waals surface area (Å²) in [4.78, 5) is 6.90. The third-order valence-corrected chi connectivity index (χ3v) is 4.96. The van der Waals surface area contributed by atoms with Gasteiger partial charge in [-0.1, -0.05) is 0 Å². The third kappa shape index (κ3) is 3.49. The summed E-state index contributed by atoms with van der Waals surface area (Å²) in [5, 5.41) is 7.38. The van der Waals surface area contributed by atoms with E-state index in [1.54, 1.807) is 11.3 Å². The number of aryl methyl sites for hydroxylation is 2. The molecule has 0 N–H and O–H groups in total. The van der Waals surface area contributed by atoms with Crippen molar-refractivity contribution in [3.63, 3.8) is 0 Å². The lowest BCUT2D eigenvalue weighted by Crippen LogP contribution is -2.10. The van der Waals surface area contributed by atoms with Gasteiger partial charge in [0.15, 0.2) is 0 Å². The van der Waals surface area contributed by atoms with Crippen LogP contribution in [0.25, 0.3) is 11.3 Å². The van der Waals surface area contributed by atoms with Gasteiger partial charge < -0.3 is 4.74 Å². The number of hydrogen-bond donors (Lipinski definition) is 0. The molecule has 1 saturated heterocycles. The van der Waals surface area contributed by atoms with Gasteiger partial charge in [-0.25, -0.2) is 4.98 Å². The van der Waals surface area contributed by atoms with Gasteiger partial charge in [-0.15, -0.1) is 11.3 Å². The maximum atomic E-state index is 5.92. The van der Waals surface area contributed by atoms with Gasteiger partial charge in [-0.05, 0) is 31.2 Å². The van der Waals surface area contributed by atoms with E-state index in [4.69, 9.17) is 4.74 Å². The van der Waals surface area contributed by atoms with E-state index >= 15 is 0 Å². The van der Waals surface area contributed by atoms with Crippen molar-refractivity contribution in [1.29, 1.82) is 0 Å². The molecule has 2 aromatic heterocycles. The van der Waals surface area contributed by atoms with Gasteiger partial charge in [0, 0.05) is 42.8 Å². The second-order valence-corrected chi connectivity index (χ2v) is 7.25. The highest BCUT2D eigenvalue weighted by Crippen LogP contribution is 2.25. The van der Waals surface area contributed by atoms with Crippen molar-refractivity contribution >= 4 is 11.3 Å². The minimum atomic E-state index is 0.506. The molecule has 124 valence electrons. The minimum Gasteiger partial charge on any atom is -0.492 e. The fraction of sp³-hybridized carbons (Fsp3) is 0.333. The van der Waals surface area contributed by atoms with E-state index in [2.05, 4.69) is 38.7 Å². The molecule has 0 bridgehead atoms. The Bertz CT molecular complexity index is 824. The Morgan fingerprint density at radius 3 is 2.79 bits per heavy atom. The van der Waals surface area contributed by atoms with Crippen LogP contribution in [0.1, 0.15) is 10.6 Å². The van der Waals surface area contributed by atoms with Gasteiger partial charge >= 0.3 is 0 Å². The van der Waals surface area contributed by atoms with Crippen molar-refractivity contribution in [2.45, 2.75) is 19.5 Å². The van der Waals surface area contributed by atoms with E-state index in [0.29, 0.717) is 6.04 Å². The zero-order valence-electron chi connectivity index (χ0n) is 13.8. The highest BCUT2D eigenvalue weighted by molar-refractivity contribution is 7.09. The third-order valence-electron chi connectivity index (χ3n) is 4.18. The maximum absolute atomic E-state index is 5.92. The number of hydrogen-bond acceptors (Lipinski definition) is 5. The summed E-state index contributed by atoms with van der Waals surface area (Å²) in [5.74, 6) is 0.916. The molecule has 1 aliphatic heterocycles. The summed E-state index contributed by atoms with van der Waals surface area (Å²) in [7, 11) is 1.95. The number of ether oxygens (including phenoxy) is 1. The Morgan fingerprint density at radius 2 is 2.12 bits per heavy atom. The minimum absolute atomic E-state index is 0.506. The highest BCUT2D eigenvalue weighted by atomic mass is 32.1. The average Bonchev–Trinajstić information content (AvgIpc) is 2.94. The van der Waals surface area contributed by atoms with Gasteiger partial charge in [0.05, 0.1) is 22.9 Å². The monoisotopic (exact) mass is 340 g/mol. The Labute approximate surface area is 145 Å². The van der Waals surface area contributed by atoms with Gasteiger partial charge in [-0.2, -0.15) is 5.10 Å². The molecule has 2 unspecified atom stereocenters. The van der Waals surface area contributed by atoms with Crippen LogP contribution in [-0.4, -0.2) is 38.9 Å². The molecular weight excluding hydrogens is 320 g/mol.